The molecule has 2 heterocycles. The fourth-order valence-corrected chi connectivity index (χ4v) is 4.47. The lowest BCUT2D eigenvalue weighted by molar-refractivity contribution is 0.479. The van der Waals surface area contributed by atoms with Crippen LogP contribution >= 0.6 is 11.3 Å². The Labute approximate surface area is 113 Å². The summed E-state index contributed by atoms with van der Waals surface area (Å²) in [6.45, 7) is 4.43. The first-order chi connectivity index (χ1) is 8.57. The predicted molar refractivity (Wildman–Crippen MR) is 75.8 cm³/mol. The van der Waals surface area contributed by atoms with Crippen molar-refractivity contribution in [2.75, 3.05) is 24.6 Å². The van der Waals surface area contributed by atoms with Gasteiger partial charge in [0.2, 0.25) is 0 Å². The second-order valence-electron chi connectivity index (χ2n) is 4.81. The van der Waals surface area contributed by atoms with E-state index in [-0.39, 0.29) is 17.5 Å². The van der Waals surface area contributed by atoms with Crippen molar-refractivity contribution in [3.63, 3.8) is 0 Å². The zero-order chi connectivity index (χ0) is 13.0. The smallest absolute Gasteiger partial charge is 0.153 e. The van der Waals surface area contributed by atoms with Crippen LogP contribution in [0.4, 0.5) is 0 Å². The Balaban J connectivity index is 1.68. The second-order valence-corrected chi connectivity index (χ2v) is 7.78. The highest BCUT2D eigenvalue weighted by molar-refractivity contribution is 7.91. The van der Waals surface area contributed by atoms with Gasteiger partial charge in [-0.25, -0.2) is 8.42 Å². The Morgan fingerprint density at radius 1 is 1.50 bits per heavy atom. The molecule has 1 aliphatic heterocycles. The lowest BCUT2D eigenvalue weighted by Gasteiger charge is -2.23. The van der Waals surface area contributed by atoms with Crippen LogP contribution in [0.25, 0.3) is 0 Å². The molecule has 1 aromatic heterocycles. The Bertz CT molecular complexity index is 482. The fourth-order valence-electron chi connectivity index (χ4n) is 2.12. The molecule has 2 N–H and O–H groups in total. The van der Waals surface area contributed by atoms with Crippen LogP contribution in [-0.4, -0.2) is 39.1 Å². The Morgan fingerprint density at radius 2 is 2.33 bits per heavy atom. The number of hydrogen-bond donors (Lipinski definition) is 2. The summed E-state index contributed by atoms with van der Waals surface area (Å²) < 4.78 is 22.9. The number of thiophene rings is 1. The zero-order valence-electron chi connectivity index (χ0n) is 10.6. The highest BCUT2D eigenvalue weighted by Gasteiger charge is 2.23. The van der Waals surface area contributed by atoms with E-state index in [9.17, 15) is 8.42 Å². The monoisotopic (exact) mass is 288 g/mol. The van der Waals surface area contributed by atoms with Gasteiger partial charge in [0.25, 0.3) is 0 Å². The van der Waals surface area contributed by atoms with Crippen molar-refractivity contribution >= 4 is 21.2 Å². The van der Waals surface area contributed by atoms with Crippen molar-refractivity contribution in [2.24, 2.45) is 0 Å². The average Bonchev–Trinajstić information content (AvgIpc) is 2.69. The lowest BCUT2D eigenvalue weighted by Crippen LogP contribution is -2.46. The molecule has 1 saturated heterocycles. The SMILES string of the molecule is Cc1cscc1CNCCC1CS(=O)(=O)CCN1. The molecule has 1 atom stereocenters. The summed E-state index contributed by atoms with van der Waals surface area (Å²) in [7, 11) is -2.81. The molecule has 0 radical (unpaired) electrons. The maximum Gasteiger partial charge on any atom is 0.153 e. The number of aryl methyl sites for hydroxylation is 1. The molecule has 0 spiro atoms. The van der Waals surface area contributed by atoms with Gasteiger partial charge in [-0.05, 0) is 41.8 Å². The van der Waals surface area contributed by atoms with Gasteiger partial charge in [0.1, 0.15) is 0 Å². The van der Waals surface area contributed by atoms with E-state index in [1.54, 1.807) is 11.3 Å². The summed E-state index contributed by atoms with van der Waals surface area (Å²) in [5, 5.41) is 10.9. The minimum Gasteiger partial charge on any atom is -0.313 e. The van der Waals surface area contributed by atoms with Gasteiger partial charge >= 0.3 is 0 Å². The van der Waals surface area contributed by atoms with Crippen molar-refractivity contribution in [2.45, 2.75) is 25.9 Å². The van der Waals surface area contributed by atoms with E-state index in [0.717, 1.165) is 19.5 Å². The van der Waals surface area contributed by atoms with Crippen LogP contribution in [0.3, 0.4) is 0 Å². The van der Waals surface area contributed by atoms with E-state index in [1.165, 1.54) is 11.1 Å². The van der Waals surface area contributed by atoms with Gasteiger partial charge in [0, 0.05) is 19.1 Å². The number of hydrogen-bond acceptors (Lipinski definition) is 5. The Morgan fingerprint density at radius 3 is 3.00 bits per heavy atom. The molecule has 6 heteroatoms. The van der Waals surface area contributed by atoms with Crippen LogP contribution in [0, 0.1) is 6.92 Å². The van der Waals surface area contributed by atoms with E-state index in [2.05, 4.69) is 28.3 Å². The molecule has 4 nitrogen and oxygen atoms in total. The summed E-state index contributed by atoms with van der Waals surface area (Å²) in [5.41, 5.74) is 2.66. The maximum absolute atomic E-state index is 11.5. The molecular formula is C12H20N2O2S2. The van der Waals surface area contributed by atoms with Gasteiger partial charge in [-0.15, -0.1) is 0 Å². The molecular weight excluding hydrogens is 268 g/mol. The topological polar surface area (TPSA) is 58.2 Å². The standard InChI is InChI=1S/C12H20N2O2S2/c1-10-7-17-8-11(10)6-13-3-2-12-9-18(15,16)5-4-14-12/h7-8,12-14H,2-6,9H2,1H3. The lowest BCUT2D eigenvalue weighted by atomic mass is 10.2. The second kappa shape index (κ2) is 6.14. The molecule has 1 aliphatic rings. The molecule has 2 rings (SSSR count). The van der Waals surface area contributed by atoms with Crippen LogP contribution in [0.1, 0.15) is 17.5 Å². The fraction of sp³-hybridized carbons (Fsp3) is 0.667. The zero-order valence-corrected chi connectivity index (χ0v) is 12.2. The van der Waals surface area contributed by atoms with Gasteiger partial charge < -0.3 is 10.6 Å². The molecule has 18 heavy (non-hydrogen) atoms. The first-order valence-corrected chi connectivity index (χ1v) is 8.99. The average molecular weight is 288 g/mol. The largest absolute Gasteiger partial charge is 0.313 e. The molecule has 0 aliphatic carbocycles. The summed E-state index contributed by atoms with van der Waals surface area (Å²) in [5.74, 6) is 0.567. The third kappa shape index (κ3) is 4.05. The third-order valence-corrected chi connectivity index (χ3v) is 5.89. The van der Waals surface area contributed by atoms with E-state index in [0.29, 0.717) is 6.54 Å². The van der Waals surface area contributed by atoms with Crippen molar-refractivity contribution in [1.29, 1.82) is 0 Å². The normalized spacial score (nSPS) is 23.1. The molecule has 0 saturated carbocycles. The van der Waals surface area contributed by atoms with Crippen LogP contribution in [0.15, 0.2) is 10.8 Å². The molecule has 1 aromatic rings. The van der Waals surface area contributed by atoms with Crippen molar-refractivity contribution in [3.05, 3.63) is 21.9 Å². The van der Waals surface area contributed by atoms with Crippen LogP contribution in [0.5, 0.6) is 0 Å². The summed E-state index contributed by atoms with van der Waals surface area (Å²) >= 11 is 1.72. The molecule has 0 bridgehead atoms. The Hall–Kier alpha value is -0.430. The van der Waals surface area contributed by atoms with Crippen molar-refractivity contribution in [3.8, 4) is 0 Å². The quantitative estimate of drug-likeness (QED) is 0.791. The van der Waals surface area contributed by atoms with Crippen molar-refractivity contribution in [1.82, 2.24) is 10.6 Å². The van der Waals surface area contributed by atoms with Gasteiger partial charge in [0.05, 0.1) is 11.5 Å². The van der Waals surface area contributed by atoms with Crippen LogP contribution in [0.2, 0.25) is 0 Å². The predicted octanol–water partition coefficient (Wildman–Crippen LogP) is 0.923. The highest BCUT2D eigenvalue weighted by atomic mass is 32.2. The van der Waals surface area contributed by atoms with Gasteiger partial charge in [-0.1, -0.05) is 0 Å². The molecule has 0 aromatic carbocycles. The number of nitrogens with one attached hydrogen (secondary N) is 2. The number of rotatable bonds is 5. The Kier molecular flexibility index (Phi) is 4.77. The number of sulfone groups is 1. The summed E-state index contributed by atoms with van der Waals surface area (Å²) in [4.78, 5) is 0. The molecule has 1 unspecified atom stereocenters. The summed E-state index contributed by atoms with van der Waals surface area (Å²) in [6, 6.07) is 0.111. The molecule has 0 amide bonds. The van der Waals surface area contributed by atoms with E-state index >= 15 is 0 Å². The minimum absolute atomic E-state index is 0.111. The van der Waals surface area contributed by atoms with Crippen LogP contribution < -0.4 is 10.6 Å². The van der Waals surface area contributed by atoms with Crippen LogP contribution in [-0.2, 0) is 16.4 Å². The minimum atomic E-state index is -2.81. The van der Waals surface area contributed by atoms with Gasteiger partial charge in [-0.2, -0.15) is 11.3 Å². The molecule has 1 fully saturated rings. The first-order valence-electron chi connectivity index (χ1n) is 6.23. The van der Waals surface area contributed by atoms with Crippen molar-refractivity contribution < 1.29 is 8.42 Å². The maximum atomic E-state index is 11.5. The van der Waals surface area contributed by atoms with Gasteiger partial charge in [0.15, 0.2) is 9.84 Å². The van der Waals surface area contributed by atoms with E-state index < -0.39 is 9.84 Å². The van der Waals surface area contributed by atoms with E-state index in [4.69, 9.17) is 0 Å². The first kappa shape index (κ1) is 14.0. The van der Waals surface area contributed by atoms with E-state index in [1.807, 2.05) is 0 Å². The molecule has 102 valence electrons. The van der Waals surface area contributed by atoms with Gasteiger partial charge in [-0.3, -0.25) is 0 Å². The highest BCUT2D eigenvalue weighted by Crippen LogP contribution is 2.13. The third-order valence-electron chi connectivity index (χ3n) is 3.25. The summed E-state index contributed by atoms with van der Waals surface area (Å²) in [6.07, 6.45) is 0.864.